The van der Waals surface area contributed by atoms with E-state index in [-0.39, 0.29) is 0 Å². The number of thiazole rings is 1. The Labute approximate surface area is 144 Å². The summed E-state index contributed by atoms with van der Waals surface area (Å²) in [7, 11) is -8.07. The van der Waals surface area contributed by atoms with Crippen molar-refractivity contribution in [2.45, 2.75) is 4.90 Å². The summed E-state index contributed by atoms with van der Waals surface area (Å²) in [5.74, 6) is 0. The van der Waals surface area contributed by atoms with Gasteiger partial charge >= 0.3 is 0 Å². The van der Waals surface area contributed by atoms with Gasteiger partial charge in [0.2, 0.25) is 0 Å². The minimum atomic E-state index is -4.94. The van der Waals surface area contributed by atoms with Crippen molar-refractivity contribution in [2.24, 2.45) is 0 Å². The fourth-order valence-electron chi connectivity index (χ4n) is 1.90. The van der Waals surface area contributed by atoms with Gasteiger partial charge in [-0.05, 0) is 23.8 Å². The molecular weight excluding hydrogens is 378 g/mol. The molecule has 0 spiro atoms. The number of pyridine rings is 1. The van der Waals surface area contributed by atoms with E-state index < -0.39 is 20.1 Å². The second-order valence-electron chi connectivity index (χ2n) is 4.72. The maximum atomic E-state index is 11.4. The first-order chi connectivity index (χ1) is 11.0. The summed E-state index contributed by atoms with van der Waals surface area (Å²) in [6.07, 6.45) is 5.27. The average molecular weight is 390 g/mol. The third-order valence-corrected chi connectivity index (χ3v) is 5.13. The molecule has 24 heavy (non-hydrogen) atoms. The van der Waals surface area contributed by atoms with Gasteiger partial charge < -0.3 is 0 Å². The first kappa shape index (κ1) is 18.7. The zero-order valence-corrected chi connectivity index (χ0v) is 14.7. The Balaban J connectivity index is 0.000000368. The monoisotopic (exact) mass is 389 g/mol. The highest BCUT2D eigenvalue weighted by Gasteiger charge is 2.12. The first-order valence-corrected chi connectivity index (χ1v) is 10.3. The van der Waals surface area contributed by atoms with Gasteiger partial charge in [0.1, 0.15) is 4.88 Å². The lowest BCUT2D eigenvalue weighted by atomic mass is 10.2. The lowest BCUT2D eigenvalue weighted by Gasteiger charge is -2.17. The van der Waals surface area contributed by atoms with Gasteiger partial charge in [0.05, 0.1) is 4.90 Å². The molecule has 0 atom stereocenters. The van der Waals surface area contributed by atoms with E-state index >= 15 is 0 Å². The molecular formula is C14H12ClNO6S2. The third-order valence-electron chi connectivity index (χ3n) is 2.89. The van der Waals surface area contributed by atoms with Crippen molar-refractivity contribution < 1.29 is 41.7 Å². The van der Waals surface area contributed by atoms with E-state index in [0.29, 0.717) is 4.90 Å². The number of fused-ring (bicyclic) bond motifs is 1. The molecule has 0 saturated carbocycles. The molecule has 2 aromatic heterocycles. The van der Waals surface area contributed by atoms with Gasteiger partial charge in [0, 0.05) is 18.4 Å². The molecule has 0 amide bonds. The summed E-state index contributed by atoms with van der Waals surface area (Å²) in [4.78, 5) is 2.63. The predicted molar refractivity (Wildman–Crippen MR) is 76.0 cm³/mol. The van der Waals surface area contributed by atoms with Gasteiger partial charge in [-0.3, -0.25) is 0 Å². The number of aromatic nitrogens is 1. The number of hydrogen-bond donors (Lipinski definition) is 0. The lowest BCUT2D eigenvalue weighted by Crippen LogP contribution is -2.68. The van der Waals surface area contributed by atoms with Crippen molar-refractivity contribution in [2.75, 3.05) is 6.26 Å². The predicted octanol–water partition coefficient (Wildman–Crippen LogP) is -2.20. The second kappa shape index (κ2) is 7.11. The molecule has 0 fully saturated rings. The fraction of sp³-hybridized carbons (Fsp3) is 0.0714. The summed E-state index contributed by atoms with van der Waals surface area (Å²) in [6.45, 7) is 0. The highest BCUT2D eigenvalue weighted by Crippen LogP contribution is 2.26. The zero-order valence-electron chi connectivity index (χ0n) is 12.3. The second-order valence-corrected chi connectivity index (χ2v) is 8.55. The van der Waals surface area contributed by atoms with Crippen LogP contribution in [0.1, 0.15) is 0 Å². The van der Waals surface area contributed by atoms with Crippen LogP contribution in [0.2, 0.25) is 0 Å². The number of halogens is 1. The average Bonchev–Trinajstić information content (AvgIpc) is 2.88. The molecule has 3 rings (SSSR count). The minimum absolute atomic E-state index is 0.352. The summed E-state index contributed by atoms with van der Waals surface area (Å²) >= 11 is 1.68. The van der Waals surface area contributed by atoms with Gasteiger partial charge in [-0.15, -0.1) is 10.2 Å². The highest BCUT2D eigenvalue weighted by atomic mass is 35.7. The Bertz CT molecular complexity index is 893. The Kier molecular flexibility index (Phi) is 5.56. The molecule has 0 unspecified atom stereocenters. The zero-order chi connectivity index (χ0) is 18.0. The van der Waals surface area contributed by atoms with E-state index in [1.165, 1.54) is 6.26 Å². The van der Waals surface area contributed by atoms with Crippen LogP contribution in [-0.2, 0) is 9.84 Å². The van der Waals surface area contributed by atoms with Crippen molar-refractivity contribution in [1.82, 2.24) is 0 Å². The Hall–Kier alpha value is -1.59. The van der Waals surface area contributed by atoms with E-state index in [4.69, 9.17) is 18.6 Å². The van der Waals surface area contributed by atoms with Crippen molar-refractivity contribution in [3.05, 3.63) is 54.9 Å². The van der Waals surface area contributed by atoms with E-state index in [1.54, 1.807) is 23.5 Å². The van der Waals surface area contributed by atoms with E-state index in [1.807, 2.05) is 30.5 Å². The third kappa shape index (κ3) is 5.49. The van der Waals surface area contributed by atoms with Crippen LogP contribution in [0, 0.1) is 10.2 Å². The molecule has 0 N–H and O–H groups in total. The van der Waals surface area contributed by atoms with Crippen LogP contribution < -0.4 is 23.0 Å². The van der Waals surface area contributed by atoms with Crippen molar-refractivity contribution >= 4 is 26.0 Å². The molecule has 0 radical (unpaired) electrons. The highest BCUT2D eigenvalue weighted by molar-refractivity contribution is 7.90. The summed E-state index contributed by atoms with van der Waals surface area (Å²) in [5.41, 5.74) is 1.03. The topological polar surface area (TPSA) is 130 Å². The standard InChI is InChI=1S/C14H12NO2S2.ClHO4/c1-19(16,17)12-7-5-11(6-8-12)13-10-15-9-3-2-4-14(15)18-13;2-1(3,4)5/h2-10H,1H3;(H,2,3,4,5)/q+1;/p-1. The molecule has 3 aromatic rings. The summed E-state index contributed by atoms with van der Waals surface area (Å²) < 4.78 is 58.9. The van der Waals surface area contributed by atoms with E-state index in [0.717, 1.165) is 15.3 Å². The van der Waals surface area contributed by atoms with Gasteiger partial charge in [-0.25, -0.2) is 27.1 Å². The van der Waals surface area contributed by atoms with E-state index in [2.05, 4.69) is 16.7 Å². The van der Waals surface area contributed by atoms with Crippen LogP contribution in [0.3, 0.4) is 0 Å². The molecule has 0 bridgehead atoms. The minimum Gasteiger partial charge on any atom is -0.224 e. The Morgan fingerprint density at radius 1 is 1.00 bits per heavy atom. The van der Waals surface area contributed by atoms with Gasteiger partial charge in [-0.1, -0.05) is 23.5 Å². The number of hydrogen-bond acceptors (Lipinski definition) is 7. The molecule has 128 valence electrons. The molecule has 2 heterocycles. The molecule has 0 aliphatic heterocycles. The van der Waals surface area contributed by atoms with Gasteiger partial charge in [0.15, 0.2) is 22.2 Å². The summed E-state index contributed by atoms with van der Waals surface area (Å²) in [6, 6.07) is 13.0. The lowest BCUT2D eigenvalue weighted by molar-refractivity contribution is -2.00. The van der Waals surface area contributed by atoms with E-state index in [9.17, 15) is 8.42 Å². The molecule has 0 saturated heterocycles. The SMILES string of the molecule is CS(=O)(=O)c1ccc(-c2c[n+]3ccccc3s2)cc1.[O-][Cl+3]([O-])([O-])[O-]. The van der Waals surface area contributed by atoms with Crippen LogP contribution >= 0.6 is 11.3 Å². The van der Waals surface area contributed by atoms with Gasteiger partial charge in [0.25, 0.3) is 4.83 Å². The largest absolute Gasteiger partial charge is 0.267 e. The number of rotatable bonds is 2. The number of sulfone groups is 1. The van der Waals surface area contributed by atoms with Crippen molar-refractivity contribution in [3.63, 3.8) is 0 Å². The Morgan fingerprint density at radius 2 is 1.58 bits per heavy atom. The Morgan fingerprint density at radius 3 is 2.08 bits per heavy atom. The van der Waals surface area contributed by atoms with Crippen LogP contribution in [-0.4, -0.2) is 14.7 Å². The maximum Gasteiger partial charge on any atom is 0.267 e. The molecule has 10 heteroatoms. The van der Waals surface area contributed by atoms with Crippen molar-refractivity contribution in [1.29, 1.82) is 0 Å². The fourth-order valence-corrected chi connectivity index (χ4v) is 3.54. The molecule has 0 aliphatic carbocycles. The van der Waals surface area contributed by atoms with Crippen LogP contribution in [0.25, 0.3) is 15.3 Å². The molecule has 0 aliphatic rings. The number of nitrogens with zero attached hydrogens (tertiary/aromatic N) is 1. The van der Waals surface area contributed by atoms with Gasteiger partial charge in [-0.2, -0.15) is 4.40 Å². The molecule has 1 aromatic carbocycles. The van der Waals surface area contributed by atoms with Crippen LogP contribution in [0.15, 0.2) is 59.8 Å². The molecule has 7 nitrogen and oxygen atoms in total. The number of benzene rings is 1. The van der Waals surface area contributed by atoms with Crippen LogP contribution in [0.5, 0.6) is 0 Å². The van der Waals surface area contributed by atoms with Crippen molar-refractivity contribution in [3.8, 4) is 10.4 Å². The van der Waals surface area contributed by atoms with Crippen LogP contribution in [0.4, 0.5) is 0 Å². The smallest absolute Gasteiger partial charge is 0.224 e. The maximum absolute atomic E-state index is 11.4. The normalized spacial score (nSPS) is 11.9. The quantitative estimate of drug-likeness (QED) is 0.457. The first-order valence-electron chi connectivity index (χ1n) is 6.36. The summed E-state index contributed by atoms with van der Waals surface area (Å²) in [5, 5.41) is 0.